The molecule has 0 aliphatic heterocycles. The minimum Gasteiger partial charge on any atom is -0.461 e. The second kappa shape index (κ2) is 6.69. The lowest BCUT2D eigenvalue weighted by Gasteiger charge is -2.08. The Morgan fingerprint density at radius 2 is 2.28 bits per heavy atom. The van der Waals surface area contributed by atoms with Crippen molar-refractivity contribution >= 4 is 33.3 Å². The molecule has 25 heavy (non-hydrogen) atoms. The highest BCUT2D eigenvalue weighted by atomic mass is 32.2. The summed E-state index contributed by atoms with van der Waals surface area (Å²) in [4.78, 5) is 22.2. The van der Waals surface area contributed by atoms with Gasteiger partial charge in [-0.3, -0.25) is 9.36 Å². The van der Waals surface area contributed by atoms with E-state index in [2.05, 4.69) is 21.7 Å². The van der Waals surface area contributed by atoms with Crippen LogP contribution in [-0.2, 0) is 12.3 Å². The van der Waals surface area contributed by atoms with Crippen molar-refractivity contribution in [3.63, 3.8) is 0 Å². The molecule has 0 amide bonds. The van der Waals surface area contributed by atoms with E-state index in [1.807, 2.05) is 5.38 Å². The number of hydrogen-bond donors (Lipinski definition) is 0. The van der Waals surface area contributed by atoms with Crippen molar-refractivity contribution in [1.82, 2.24) is 19.7 Å². The number of rotatable bonds is 6. The minimum atomic E-state index is -0.0737. The molecule has 0 aliphatic carbocycles. The Morgan fingerprint density at radius 3 is 3.08 bits per heavy atom. The molecule has 0 aliphatic rings. The van der Waals surface area contributed by atoms with Gasteiger partial charge >= 0.3 is 0 Å². The Hall–Kier alpha value is -2.65. The smallest absolute Gasteiger partial charge is 0.263 e. The van der Waals surface area contributed by atoms with Gasteiger partial charge in [-0.25, -0.2) is 4.98 Å². The quantitative estimate of drug-likeness (QED) is 0.290. The van der Waals surface area contributed by atoms with Gasteiger partial charge < -0.3 is 8.94 Å². The first-order chi connectivity index (χ1) is 12.3. The number of furan rings is 1. The van der Waals surface area contributed by atoms with Crippen molar-refractivity contribution in [3.8, 4) is 11.6 Å². The van der Waals surface area contributed by atoms with Crippen LogP contribution in [0.2, 0.25) is 0 Å². The maximum absolute atomic E-state index is 12.6. The van der Waals surface area contributed by atoms with Gasteiger partial charge in [0.15, 0.2) is 10.9 Å². The van der Waals surface area contributed by atoms with Crippen LogP contribution in [0.25, 0.3) is 21.8 Å². The van der Waals surface area contributed by atoms with E-state index in [4.69, 9.17) is 8.94 Å². The van der Waals surface area contributed by atoms with Gasteiger partial charge in [0.05, 0.1) is 17.4 Å². The van der Waals surface area contributed by atoms with Crippen LogP contribution in [0.3, 0.4) is 0 Å². The van der Waals surface area contributed by atoms with Gasteiger partial charge in [-0.1, -0.05) is 23.0 Å². The van der Waals surface area contributed by atoms with Crippen molar-refractivity contribution in [2.75, 3.05) is 0 Å². The fourth-order valence-corrected chi connectivity index (χ4v) is 3.93. The van der Waals surface area contributed by atoms with Crippen LogP contribution in [-0.4, -0.2) is 19.7 Å². The summed E-state index contributed by atoms with van der Waals surface area (Å²) >= 11 is 2.81. The van der Waals surface area contributed by atoms with Crippen molar-refractivity contribution in [1.29, 1.82) is 0 Å². The van der Waals surface area contributed by atoms with Gasteiger partial charge in [0, 0.05) is 6.54 Å². The summed E-state index contributed by atoms with van der Waals surface area (Å²) < 4.78 is 12.1. The summed E-state index contributed by atoms with van der Waals surface area (Å²) in [6.45, 7) is 4.10. The first-order valence-corrected chi connectivity index (χ1v) is 9.21. The molecule has 0 N–H and O–H groups in total. The highest BCUT2D eigenvalue weighted by Crippen LogP contribution is 2.25. The van der Waals surface area contributed by atoms with E-state index in [-0.39, 0.29) is 5.56 Å². The highest BCUT2D eigenvalue weighted by Gasteiger charge is 2.15. The fraction of sp³-hybridized carbons (Fsp3) is 0.125. The van der Waals surface area contributed by atoms with E-state index in [1.54, 1.807) is 35.1 Å². The normalized spacial score (nSPS) is 11.2. The maximum Gasteiger partial charge on any atom is 0.263 e. The first-order valence-electron chi connectivity index (χ1n) is 7.34. The number of fused-ring (bicyclic) bond motifs is 1. The Labute approximate surface area is 150 Å². The standard InChI is InChI=1S/C16H12N4O3S2/c1-2-6-20-15(21)10-5-8-24-14(10)18-16(20)25-9-12-17-13(19-23-12)11-4-3-7-22-11/h2-5,7-8H,1,6,9H2. The number of thiophene rings is 1. The van der Waals surface area contributed by atoms with Gasteiger partial charge in [-0.05, 0) is 23.6 Å². The molecule has 0 fully saturated rings. The third-order valence-electron chi connectivity index (χ3n) is 3.39. The molecule has 0 aromatic carbocycles. The van der Waals surface area contributed by atoms with E-state index in [0.29, 0.717) is 40.3 Å². The third kappa shape index (κ3) is 3.03. The number of aromatic nitrogens is 4. The predicted molar refractivity (Wildman–Crippen MR) is 95.6 cm³/mol. The molecule has 0 radical (unpaired) electrons. The maximum atomic E-state index is 12.6. The van der Waals surface area contributed by atoms with Crippen molar-refractivity contribution in [2.24, 2.45) is 0 Å². The van der Waals surface area contributed by atoms with Gasteiger partial charge in [-0.2, -0.15) is 4.98 Å². The molecule has 9 heteroatoms. The monoisotopic (exact) mass is 372 g/mol. The molecule has 7 nitrogen and oxygen atoms in total. The number of nitrogens with zero attached hydrogens (tertiary/aromatic N) is 4. The van der Waals surface area contributed by atoms with E-state index >= 15 is 0 Å². The van der Waals surface area contributed by atoms with Gasteiger partial charge in [0.1, 0.15) is 4.83 Å². The number of allylic oxidation sites excluding steroid dienone is 1. The molecule has 4 heterocycles. The fourth-order valence-electron chi connectivity index (χ4n) is 2.28. The number of thioether (sulfide) groups is 1. The largest absolute Gasteiger partial charge is 0.461 e. The van der Waals surface area contributed by atoms with Gasteiger partial charge in [-0.15, -0.1) is 17.9 Å². The average molecular weight is 372 g/mol. The molecule has 126 valence electrons. The Morgan fingerprint density at radius 1 is 1.36 bits per heavy atom. The zero-order valence-electron chi connectivity index (χ0n) is 12.9. The van der Waals surface area contributed by atoms with E-state index in [0.717, 1.165) is 4.83 Å². The lowest BCUT2D eigenvalue weighted by molar-refractivity contribution is 0.390. The van der Waals surface area contributed by atoms with Crippen LogP contribution < -0.4 is 5.56 Å². The summed E-state index contributed by atoms with van der Waals surface area (Å²) in [5, 5.41) is 6.97. The van der Waals surface area contributed by atoms with Crippen LogP contribution in [0.1, 0.15) is 5.89 Å². The van der Waals surface area contributed by atoms with Gasteiger partial charge in [0.25, 0.3) is 5.56 Å². The molecular formula is C16H12N4O3S2. The van der Waals surface area contributed by atoms with Crippen molar-refractivity contribution in [3.05, 3.63) is 58.7 Å². The average Bonchev–Trinajstić information content (AvgIpc) is 3.36. The predicted octanol–water partition coefficient (Wildman–Crippen LogP) is 3.58. The summed E-state index contributed by atoms with van der Waals surface area (Å²) in [5.41, 5.74) is -0.0737. The molecule has 0 saturated carbocycles. The number of hydrogen-bond acceptors (Lipinski definition) is 8. The minimum absolute atomic E-state index is 0.0737. The topological polar surface area (TPSA) is 86.9 Å². The van der Waals surface area contributed by atoms with Crippen LogP contribution >= 0.6 is 23.1 Å². The summed E-state index contributed by atoms with van der Waals surface area (Å²) in [6, 6.07) is 5.31. The Kier molecular flexibility index (Phi) is 4.24. The highest BCUT2D eigenvalue weighted by molar-refractivity contribution is 7.98. The van der Waals surface area contributed by atoms with Crippen LogP contribution in [0.4, 0.5) is 0 Å². The summed E-state index contributed by atoms with van der Waals surface area (Å²) in [7, 11) is 0. The molecule has 4 aromatic rings. The first kappa shape index (κ1) is 15.9. The Bertz CT molecular complexity index is 1080. The molecule has 0 bridgehead atoms. The van der Waals surface area contributed by atoms with Gasteiger partial charge in [0.2, 0.25) is 11.7 Å². The second-order valence-electron chi connectivity index (χ2n) is 5.02. The van der Waals surface area contributed by atoms with Crippen LogP contribution in [0, 0.1) is 0 Å². The van der Waals surface area contributed by atoms with Crippen LogP contribution in [0.15, 0.2) is 61.4 Å². The van der Waals surface area contributed by atoms with E-state index in [1.165, 1.54) is 23.1 Å². The third-order valence-corrected chi connectivity index (χ3v) is 5.16. The lowest BCUT2D eigenvalue weighted by atomic mass is 10.4. The Balaban J connectivity index is 1.61. The summed E-state index contributed by atoms with van der Waals surface area (Å²) in [5.74, 6) is 1.77. The molecule has 4 aromatic heterocycles. The molecule has 0 saturated heterocycles. The zero-order valence-corrected chi connectivity index (χ0v) is 14.5. The zero-order chi connectivity index (χ0) is 17.2. The molecule has 4 rings (SSSR count). The summed E-state index contributed by atoms with van der Waals surface area (Å²) in [6.07, 6.45) is 3.22. The molecule has 0 atom stereocenters. The SMILES string of the molecule is C=CCn1c(SCc2nc(-c3ccco3)no2)nc2sccc2c1=O. The molecule has 0 spiro atoms. The van der Waals surface area contributed by atoms with Crippen molar-refractivity contribution < 1.29 is 8.94 Å². The second-order valence-corrected chi connectivity index (χ2v) is 6.85. The lowest BCUT2D eigenvalue weighted by Crippen LogP contribution is -2.22. The van der Waals surface area contributed by atoms with Crippen molar-refractivity contribution in [2.45, 2.75) is 17.5 Å². The molecule has 0 unspecified atom stereocenters. The molecular weight excluding hydrogens is 360 g/mol. The van der Waals surface area contributed by atoms with E-state index in [9.17, 15) is 4.79 Å². The van der Waals surface area contributed by atoms with Crippen LogP contribution in [0.5, 0.6) is 0 Å². The van der Waals surface area contributed by atoms with E-state index < -0.39 is 0 Å².